The molecule has 5 nitrogen and oxygen atoms in total. The van der Waals surface area contributed by atoms with Gasteiger partial charge in [-0.1, -0.05) is 6.42 Å². The van der Waals surface area contributed by atoms with Gasteiger partial charge in [-0.25, -0.2) is 13.1 Å². The number of piperidine rings is 1. The first-order chi connectivity index (χ1) is 9.94. The molecule has 0 aromatic carbocycles. The summed E-state index contributed by atoms with van der Waals surface area (Å²) >= 11 is 4.81. The molecule has 1 saturated heterocycles. The van der Waals surface area contributed by atoms with Crippen LogP contribution in [0.2, 0.25) is 0 Å². The molecule has 120 valence electrons. The van der Waals surface area contributed by atoms with Crippen LogP contribution in [-0.2, 0) is 16.6 Å². The normalized spacial score (nSPS) is 20.8. The molecule has 1 aromatic rings. The second-order valence-corrected chi connectivity index (χ2v) is 9.55. The molecule has 0 bridgehead atoms. The number of nitrogens with zero attached hydrogens (tertiary/aromatic N) is 1. The third-order valence-electron chi connectivity index (χ3n) is 3.78. The Morgan fingerprint density at radius 3 is 2.90 bits per heavy atom. The first kappa shape index (κ1) is 17.4. The molecule has 0 aliphatic carbocycles. The van der Waals surface area contributed by atoms with Crippen LogP contribution in [-0.4, -0.2) is 46.5 Å². The monoisotopic (exact) mass is 395 g/mol. The van der Waals surface area contributed by atoms with Crippen molar-refractivity contribution in [2.75, 3.05) is 27.2 Å². The number of hydrogen-bond donors (Lipinski definition) is 2. The van der Waals surface area contributed by atoms with Crippen LogP contribution in [0.4, 0.5) is 0 Å². The lowest BCUT2D eigenvalue weighted by molar-refractivity contribution is 0.187. The lowest BCUT2D eigenvalue weighted by atomic mass is 10.0. The molecule has 2 heterocycles. The van der Waals surface area contributed by atoms with E-state index in [1.165, 1.54) is 24.2 Å². The Hall–Kier alpha value is 0.01000. The highest BCUT2D eigenvalue weighted by molar-refractivity contribution is 9.11. The van der Waals surface area contributed by atoms with Gasteiger partial charge in [0.1, 0.15) is 4.90 Å². The number of likely N-dealkylation sites (tertiary alicyclic amines) is 1. The summed E-state index contributed by atoms with van der Waals surface area (Å²) in [5.41, 5.74) is 0. The maximum atomic E-state index is 12.4. The van der Waals surface area contributed by atoms with Crippen molar-refractivity contribution in [2.45, 2.75) is 36.7 Å². The number of hydrogen-bond acceptors (Lipinski definition) is 5. The van der Waals surface area contributed by atoms with Crippen LogP contribution in [0.3, 0.4) is 0 Å². The summed E-state index contributed by atoms with van der Waals surface area (Å²) in [4.78, 5) is 3.58. The molecule has 2 rings (SSSR count). The van der Waals surface area contributed by atoms with Crippen LogP contribution >= 0.6 is 27.3 Å². The van der Waals surface area contributed by atoms with E-state index >= 15 is 0 Å². The van der Waals surface area contributed by atoms with E-state index in [1.54, 1.807) is 6.07 Å². The fourth-order valence-electron chi connectivity index (χ4n) is 2.53. The Labute approximate surface area is 139 Å². The minimum atomic E-state index is -3.45. The SMILES string of the molecule is CNCc1cc(S(=O)(=O)NCC2CCCCN2C)c(Br)s1. The van der Waals surface area contributed by atoms with E-state index in [1.807, 2.05) is 7.05 Å². The Morgan fingerprint density at radius 2 is 2.24 bits per heavy atom. The average Bonchev–Trinajstić information content (AvgIpc) is 2.80. The Balaban J connectivity index is 2.04. The molecule has 0 spiro atoms. The summed E-state index contributed by atoms with van der Waals surface area (Å²) in [6.45, 7) is 2.19. The molecule has 2 N–H and O–H groups in total. The van der Waals surface area contributed by atoms with Gasteiger partial charge in [-0.15, -0.1) is 11.3 Å². The van der Waals surface area contributed by atoms with Crippen LogP contribution in [0.15, 0.2) is 14.7 Å². The maximum Gasteiger partial charge on any atom is 0.242 e. The van der Waals surface area contributed by atoms with Crippen LogP contribution in [0.5, 0.6) is 0 Å². The second-order valence-electron chi connectivity index (χ2n) is 5.36. The zero-order valence-corrected chi connectivity index (χ0v) is 15.6. The van der Waals surface area contributed by atoms with E-state index in [-0.39, 0.29) is 0 Å². The highest BCUT2D eigenvalue weighted by Gasteiger charge is 2.24. The van der Waals surface area contributed by atoms with Crippen molar-refractivity contribution in [3.05, 3.63) is 14.7 Å². The summed E-state index contributed by atoms with van der Waals surface area (Å²) in [5.74, 6) is 0. The minimum Gasteiger partial charge on any atom is -0.315 e. The van der Waals surface area contributed by atoms with E-state index in [2.05, 4.69) is 37.9 Å². The van der Waals surface area contributed by atoms with Gasteiger partial charge in [-0.3, -0.25) is 0 Å². The van der Waals surface area contributed by atoms with Crippen LogP contribution < -0.4 is 10.0 Å². The molecule has 8 heteroatoms. The Bertz CT molecular complexity index is 574. The van der Waals surface area contributed by atoms with E-state index in [0.29, 0.717) is 27.8 Å². The minimum absolute atomic E-state index is 0.294. The summed E-state index contributed by atoms with van der Waals surface area (Å²) in [7, 11) is 0.453. The first-order valence-corrected chi connectivity index (χ1v) is 10.2. The van der Waals surface area contributed by atoms with E-state index in [9.17, 15) is 8.42 Å². The third kappa shape index (κ3) is 4.49. The van der Waals surface area contributed by atoms with Crippen molar-refractivity contribution in [1.82, 2.24) is 14.9 Å². The van der Waals surface area contributed by atoms with Gasteiger partial charge in [-0.05, 0) is 55.5 Å². The topological polar surface area (TPSA) is 61.4 Å². The highest BCUT2D eigenvalue weighted by Crippen LogP contribution is 2.31. The number of halogens is 1. The molecule has 1 fully saturated rings. The van der Waals surface area contributed by atoms with Crippen molar-refractivity contribution in [2.24, 2.45) is 0 Å². The number of nitrogens with one attached hydrogen (secondary N) is 2. The van der Waals surface area contributed by atoms with Crippen LogP contribution in [0.25, 0.3) is 0 Å². The number of rotatable bonds is 6. The standard InChI is InChI=1S/C13H22BrN3O2S2/c1-15-9-11-7-12(13(14)20-11)21(18,19)16-8-10-5-3-4-6-17(10)2/h7,10,15-16H,3-6,8-9H2,1-2H3. The molecule has 1 unspecified atom stereocenters. The summed E-state index contributed by atoms with van der Waals surface area (Å²) in [6, 6.07) is 2.03. The predicted molar refractivity (Wildman–Crippen MR) is 90.2 cm³/mol. The van der Waals surface area contributed by atoms with Gasteiger partial charge in [0.25, 0.3) is 0 Å². The number of sulfonamides is 1. The molecular weight excluding hydrogens is 374 g/mol. The van der Waals surface area contributed by atoms with E-state index in [4.69, 9.17) is 0 Å². The van der Waals surface area contributed by atoms with Crippen molar-refractivity contribution in [3.63, 3.8) is 0 Å². The highest BCUT2D eigenvalue weighted by atomic mass is 79.9. The van der Waals surface area contributed by atoms with Gasteiger partial charge >= 0.3 is 0 Å². The number of thiophene rings is 1. The van der Waals surface area contributed by atoms with Crippen molar-refractivity contribution >= 4 is 37.3 Å². The van der Waals surface area contributed by atoms with E-state index in [0.717, 1.165) is 17.8 Å². The summed E-state index contributed by atoms with van der Waals surface area (Å²) in [5, 5.41) is 3.03. The van der Waals surface area contributed by atoms with Crippen LogP contribution in [0.1, 0.15) is 24.1 Å². The average molecular weight is 396 g/mol. The van der Waals surface area contributed by atoms with Crippen LogP contribution in [0, 0.1) is 0 Å². The van der Waals surface area contributed by atoms with Crippen molar-refractivity contribution in [3.8, 4) is 0 Å². The molecule has 0 saturated carbocycles. The molecule has 1 atom stereocenters. The Kier molecular flexibility index (Phi) is 6.22. The lowest BCUT2D eigenvalue weighted by Crippen LogP contribution is -2.44. The Morgan fingerprint density at radius 1 is 1.48 bits per heavy atom. The third-order valence-corrected chi connectivity index (χ3v) is 7.45. The van der Waals surface area contributed by atoms with Crippen molar-refractivity contribution in [1.29, 1.82) is 0 Å². The fraction of sp³-hybridized carbons (Fsp3) is 0.692. The maximum absolute atomic E-state index is 12.4. The number of likely N-dealkylation sites (N-methyl/N-ethyl adjacent to an activating group) is 1. The smallest absolute Gasteiger partial charge is 0.242 e. The summed E-state index contributed by atoms with van der Waals surface area (Å²) in [6.07, 6.45) is 3.42. The first-order valence-electron chi connectivity index (χ1n) is 7.06. The molecule has 1 aliphatic heterocycles. The molecule has 1 aliphatic rings. The van der Waals surface area contributed by atoms with Gasteiger partial charge in [0, 0.05) is 24.0 Å². The lowest BCUT2D eigenvalue weighted by Gasteiger charge is -2.32. The van der Waals surface area contributed by atoms with Gasteiger partial charge in [0.15, 0.2) is 0 Å². The fourth-order valence-corrected chi connectivity index (χ4v) is 6.29. The van der Waals surface area contributed by atoms with Gasteiger partial charge in [0.2, 0.25) is 10.0 Å². The van der Waals surface area contributed by atoms with Crippen molar-refractivity contribution < 1.29 is 8.42 Å². The molecule has 0 amide bonds. The van der Waals surface area contributed by atoms with Gasteiger partial charge in [-0.2, -0.15) is 0 Å². The quantitative estimate of drug-likeness (QED) is 0.772. The largest absolute Gasteiger partial charge is 0.315 e. The van der Waals surface area contributed by atoms with Gasteiger partial charge in [0.05, 0.1) is 3.79 Å². The predicted octanol–water partition coefficient (Wildman–Crippen LogP) is 1.99. The molecular formula is C13H22BrN3O2S2. The molecule has 1 aromatic heterocycles. The zero-order chi connectivity index (χ0) is 15.5. The van der Waals surface area contributed by atoms with Gasteiger partial charge < -0.3 is 10.2 Å². The summed E-state index contributed by atoms with van der Waals surface area (Å²) < 4.78 is 28.3. The molecule has 0 radical (unpaired) electrons. The molecule has 21 heavy (non-hydrogen) atoms. The second kappa shape index (κ2) is 7.52. The van der Waals surface area contributed by atoms with E-state index < -0.39 is 10.0 Å². The zero-order valence-electron chi connectivity index (χ0n) is 12.4.